The predicted octanol–water partition coefficient (Wildman–Crippen LogP) is 1.10. The number of rotatable bonds is 3. The van der Waals surface area contributed by atoms with Gasteiger partial charge in [0.1, 0.15) is 0 Å². The molecule has 2 saturated heterocycles. The van der Waals surface area contributed by atoms with Gasteiger partial charge < -0.3 is 10.1 Å². The van der Waals surface area contributed by atoms with E-state index in [4.69, 9.17) is 4.74 Å². The molecule has 0 bridgehead atoms. The van der Waals surface area contributed by atoms with Crippen LogP contribution in [0.3, 0.4) is 0 Å². The molecule has 88 valence electrons. The third-order valence-electron chi connectivity index (χ3n) is 4.13. The number of nitrogens with zero attached hydrogens (tertiary/aromatic N) is 1. The molecule has 2 aliphatic heterocycles. The number of ether oxygens (including phenoxy) is 1. The fourth-order valence-corrected chi connectivity index (χ4v) is 2.77. The normalized spacial score (nSPS) is 38.4. The Morgan fingerprint density at radius 3 is 3.00 bits per heavy atom. The van der Waals surface area contributed by atoms with Gasteiger partial charge >= 0.3 is 0 Å². The van der Waals surface area contributed by atoms with Crippen LogP contribution in [0.2, 0.25) is 0 Å². The van der Waals surface area contributed by atoms with Crippen LogP contribution in [0.15, 0.2) is 0 Å². The van der Waals surface area contributed by atoms with Crippen molar-refractivity contribution in [3.05, 3.63) is 0 Å². The van der Waals surface area contributed by atoms with Crippen LogP contribution in [0.25, 0.3) is 0 Å². The van der Waals surface area contributed by atoms with Gasteiger partial charge in [0.05, 0.1) is 13.2 Å². The minimum Gasteiger partial charge on any atom is -0.379 e. The van der Waals surface area contributed by atoms with Crippen molar-refractivity contribution in [3.8, 4) is 0 Å². The van der Waals surface area contributed by atoms with E-state index >= 15 is 0 Å². The summed E-state index contributed by atoms with van der Waals surface area (Å²) in [7, 11) is 0. The van der Waals surface area contributed by atoms with Crippen molar-refractivity contribution in [2.45, 2.75) is 32.7 Å². The van der Waals surface area contributed by atoms with Crippen LogP contribution in [0.5, 0.6) is 0 Å². The van der Waals surface area contributed by atoms with Crippen LogP contribution >= 0.6 is 0 Å². The Labute approximate surface area is 93.2 Å². The van der Waals surface area contributed by atoms with Crippen molar-refractivity contribution in [3.63, 3.8) is 0 Å². The van der Waals surface area contributed by atoms with Crippen LogP contribution in [-0.4, -0.2) is 50.3 Å². The maximum absolute atomic E-state index is 5.49. The molecule has 15 heavy (non-hydrogen) atoms. The molecule has 2 heterocycles. The van der Waals surface area contributed by atoms with Crippen LogP contribution < -0.4 is 5.32 Å². The molecule has 2 unspecified atom stereocenters. The third kappa shape index (κ3) is 2.52. The van der Waals surface area contributed by atoms with E-state index in [0.717, 1.165) is 19.8 Å². The van der Waals surface area contributed by atoms with Crippen LogP contribution in [0.1, 0.15) is 26.7 Å². The third-order valence-corrected chi connectivity index (χ3v) is 4.13. The standard InChI is InChI=1S/C12H24N2O/c1-3-12(4-5-13-9-12)10-14-6-7-15-8-11(14)2/h11,13H,3-10H2,1-2H3. The quantitative estimate of drug-likeness (QED) is 0.758. The summed E-state index contributed by atoms with van der Waals surface area (Å²) < 4.78 is 5.49. The molecule has 2 fully saturated rings. The highest BCUT2D eigenvalue weighted by Gasteiger charge is 2.35. The van der Waals surface area contributed by atoms with Gasteiger partial charge in [-0.2, -0.15) is 0 Å². The van der Waals surface area contributed by atoms with Gasteiger partial charge in [-0.15, -0.1) is 0 Å². The van der Waals surface area contributed by atoms with Gasteiger partial charge in [-0.1, -0.05) is 6.92 Å². The molecule has 2 atom stereocenters. The Morgan fingerprint density at radius 1 is 1.53 bits per heavy atom. The Kier molecular flexibility index (Phi) is 3.65. The van der Waals surface area contributed by atoms with Gasteiger partial charge in [-0.05, 0) is 31.7 Å². The molecule has 0 radical (unpaired) electrons. The molecule has 1 N–H and O–H groups in total. The summed E-state index contributed by atoms with van der Waals surface area (Å²) in [6.07, 6.45) is 2.64. The van der Waals surface area contributed by atoms with Crippen molar-refractivity contribution < 1.29 is 4.74 Å². The zero-order valence-corrected chi connectivity index (χ0v) is 10.1. The van der Waals surface area contributed by atoms with E-state index in [-0.39, 0.29) is 0 Å². The van der Waals surface area contributed by atoms with E-state index < -0.39 is 0 Å². The van der Waals surface area contributed by atoms with Gasteiger partial charge in [-0.25, -0.2) is 0 Å². The second-order valence-electron chi connectivity index (χ2n) is 5.17. The second-order valence-corrected chi connectivity index (χ2v) is 5.17. The maximum atomic E-state index is 5.49. The molecular formula is C12H24N2O. The average Bonchev–Trinajstić information content (AvgIpc) is 2.71. The molecule has 0 aromatic rings. The first kappa shape index (κ1) is 11.4. The lowest BCUT2D eigenvalue weighted by Gasteiger charge is -2.40. The lowest BCUT2D eigenvalue weighted by Crippen LogP contribution is -2.49. The first-order valence-corrected chi connectivity index (χ1v) is 6.28. The number of hydrogen-bond acceptors (Lipinski definition) is 3. The van der Waals surface area contributed by atoms with Crippen molar-refractivity contribution in [2.75, 3.05) is 39.4 Å². The summed E-state index contributed by atoms with van der Waals surface area (Å²) in [4.78, 5) is 2.61. The first-order chi connectivity index (χ1) is 7.26. The molecule has 0 aromatic carbocycles. The van der Waals surface area contributed by atoms with Crippen molar-refractivity contribution in [1.29, 1.82) is 0 Å². The van der Waals surface area contributed by atoms with E-state index in [1.54, 1.807) is 0 Å². The summed E-state index contributed by atoms with van der Waals surface area (Å²) in [5.74, 6) is 0. The summed E-state index contributed by atoms with van der Waals surface area (Å²) >= 11 is 0. The SMILES string of the molecule is CCC1(CN2CCOCC2C)CCNC1. The van der Waals surface area contributed by atoms with E-state index in [2.05, 4.69) is 24.1 Å². The monoisotopic (exact) mass is 212 g/mol. The molecule has 0 amide bonds. The number of morpholine rings is 1. The van der Waals surface area contributed by atoms with Gasteiger partial charge in [0.2, 0.25) is 0 Å². The van der Waals surface area contributed by atoms with E-state index in [1.165, 1.54) is 32.5 Å². The van der Waals surface area contributed by atoms with E-state index in [0.29, 0.717) is 11.5 Å². The maximum Gasteiger partial charge on any atom is 0.0619 e. The van der Waals surface area contributed by atoms with Crippen LogP contribution in [-0.2, 0) is 4.74 Å². The lowest BCUT2D eigenvalue weighted by molar-refractivity contribution is -0.0186. The smallest absolute Gasteiger partial charge is 0.0619 e. The molecule has 2 rings (SSSR count). The summed E-state index contributed by atoms with van der Waals surface area (Å²) in [6.45, 7) is 11.2. The minimum absolute atomic E-state index is 0.533. The topological polar surface area (TPSA) is 24.5 Å². The highest BCUT2D eigenvalue weighted by atomic mass is 16.5. The number of hydrogen-bond donors (Lipinski definition) is 1. The number of nitrogens with one attached hydrogen (secondary N) is 1. The second kappa shape index (κ2) is 4.81. The van der Waals surface area contributed by atoms with Crippen LogP contribution in [0, 0.1) is 5.41 Å². The molecule has 0 spiro atoms. The highest BCUT2D eigenvalue weighted by Crippen LogP contribution is 2.31. The molecular weight excluding hydrogens is 188 g/mol. The summed E-state index contributed by atoms with van der Waals surface area (Å²) in [5.41, 5.74) is 0.533. The van der Waals surface area contributed by atoms with Gasteiger partial charge in [0.25, 0.3) is 0 Å². The predicted molar refractivity (Wildman–Crippen MR) is 62.1 cm³/mol. The molecule has 2 aliphatic rings. The molecule has 3 nitrogen and oxygen atoms in total. The fourth-order valence-electron chi connectivity index (χ4n) is 2.77. The average molecular weight is 212 g/mol. The minimum atomic E-state index is 0.533. The van der Waals surface area contributed by atoms with Gasteiger partial charge in [0, 0.05) is 25.7 Å². The molecule has 3 heteroatoms. The van der Waals surface area contributed by atoms with Crippen molar-refractivity contribution >= 4 is 0 Å². The van der Waals surface area contributed by atoms with Gasteiger partial charge in [0.15, 0.2) is 0 Å². The van der Waals surface area contributed by atoms with Gasteiger partial charge in [-0.3, -0.25) is 4.90 Å². The highest BCUT2D eigenvalue weighted by molar-refractivity contribution is 4.90. The zero-order chi connectivity index (χ0) is 10.7. The van der Waals surface area contributed by atoms with E-state index in [9.17, 15) is 0 Å². The van der Waals surface area contributed by atoms with Crippen molar-refractivity contribution in [1.82, 2.24) is 10.2 Å². The van der Waals surface area contributed by atoms with Crippen molar-refractivity contribution in [2.24, 2.45) is 5.41 Å². The largest absolute Gasteiger partial charge is 0.379 e. The Hall–Kier alpha value is -0.120. The Bertz CT molecular complexity index is 202. The van der Waals surface area contributed by atoms with Crippen LogP contribution in [0.4, 0.5) is 0 Å². The van der Waals surface area contributed by atoms with E-state index in [1.807, 2.05) is 0 Å². The Balaban J connectivity index is 1.93. The fraction of sp³-hybridized carbons (Fsp3) is 1.00. The molecule has 0 aromatic heterocycles. The Morgan fingerprint density at radius 2 is 2.40 bits per heavy atom. The lowest BCUT2D eigenvalue weighted by atomic mass is 9.83. The first-order valence-electron chi connectivity index (χ1n) is 6.28. The zero-order valence-electron chi connectivity index (χ0n) is 10.1. The summed E-state index contributed by atoms with van der Waals surface area (Å²) in [6, 6.07) is 0.600. The molecule has 0 saturated carbocycles. The summed E-state index contributed by atoms with van der Waals surface area (Å²) in [5, 5.41) is 3.51. The molecule has 0 aliphatic carbocycles.